The summed E-state index contributed by atoms with van der Waals surface area (Å²) in [6.45, 7) is 2.00. The van der Waals surface area contributed by atoms with Gasteiger partial charge in [-0.3, -0.25) is 14.8 Å². The molecule has 2 amide bonds. The number of hydrogen-bond donors (Lipinski definition) is 3. The summed E-state index contributed by atoms with van der Waals surface area (Å²) >= 11 is 0. The van der Waals surface area contributed by atoms with Crippen LogP contribution in [0.2, 0.25) is 0 Å². The number of amides is 2. The van der Waals surface area contributed by atoms with Crippen molar-refractivity contribution in [2.45, 2.75) is 38.8 Å². The number of hydrogen-bond acceptors (Lipinski definition) is 4. The monoisotopic (exact) mass is 356 g/mol. The Kier molecular flexibility index (Phi) is 7.79. The Morgan fingerprint density at radius 3 is 2.35 bits per heavy atom. The number of nitrogens with one attached hydrogen (secondary N) is 2. The normalized spacial score (nSPS) is 11.6. The Balaban J connectivity index is 2.06. The van der Waals surface area contributed by atoms with Gasteiger partial charge in [-0.1, -0.05) is 49.4 Å². The molecule has 0 aliphatic rings. The Hall–Kier alpha value is -2.70. The molecule has 2 aromatic carbocycles. The van der Waals surface area contributed by atoms with Crippen molar-refractivity contribution in [3.05, 3.63) is 65.7 Å². The van der Waals surface area contributed by atoms with Crippen LogP contribution in [0.5, 0.6) is 0 Å². The maximum Gasteiger partial charge on any atom is 0.247 e. The van der Waals surface area contributed by atoms with Crippen LogP contribution in [0.4, 0.5) is 5.69 Å². The van der Waals surface area contributed by atoms with Crippen LogP contribution >= 0.6 is 0 Å². The van der Waals surface area contributed by atoms with E-state index >= 15 is 0 Å². The molecule has 0 radical (unpaired) electrons. The van der Waals surface area contributed by atoms with Crippen LogP contribution in [-0.2, 0) is 27.5 Å². The van der Waals surface area contributed by atoms with Gasteiger partial charge in [0.05, 0.1) is 0 Å². The van der Waals surface area contributed by atoms with E-state index in [9.17, 15) is 9.59 Å². The molecule has 0 aromatic heterocycles. The van der Waals surface area contributed by atoms with E-state index in [2.05, 4.69) is 15.5 Å². The molecule has 0 unspecified atom stereocenters. The molecular weight excluding hydrogens is 332 g/mol. The first-order valence-electron chi connectivity index (χ1n) is 8.61. The van der Waals surface area contributed by atoms with Gasteiger partial charge >= 0.3 is 0 Å². The quantitative estimate of drug-likeness (QED) is 0.476. The third-order valence-corrected chi connectivity index (χ3v) is 3.86. The van der Waals surface area contributed by atoms with Gasteiger partial charge in [0.25, 0.3) is 0 Å². The van der Waals surface area contributed by atoms with Gasteiger partial charge in [-0.25, -0.2) is 4.89 Å². The van der Waals surface area contributed by atoms with Crippen LogP contribution in [0, 0.1) is 0 Å². The van der Waals surface area contributed by atoms with Gasteiger partial charge in [0.1, 0.15) is 12.6 Å². The lowest BCUT2D eigenvalue weighted by Gasteiger charge is -2.19. The van der Waals surface area contributed by atoms with Crippen LogP contribution in [0.25, 0.3) is 0 Å². The second-order valence-corrected chi connectivity index (χ2v) is 6.02. The molecule has 1 atom stereocenters. The fraction of sp³-hybridized carbons (Fsp3) is 0.300. The summed E-state index contributed by atoms with van der Waals surface area (Å²) in [5, 5.41) is 14.1. The fourth-order valence-electron chi connectivity index (χ4n) is 2.54. The molecular formula is C20H24N2O4. The van der Waals surface area contributed by atoms with Gasteiger partial charge in [-0.15, -0.1) is 0 Å². The number of anilines is 1. The molecule has 2 rings (SSSR count). The van der Waals surface area contributed by atoms with E-state index in [-0.39, 0.29) is 18.4 Å². The summed E-state index contributed by atoms with van der Waals surface area (Å²) in [6, 6.07) is 15.8. The van der Waals surface area contributed by atoms with Gasteiger partial charge in [0.2, 0.25) is 11.8 Å². The van der Waals surface area contributed by atoms with E-state index in [0.717, 1.165) is 17.5 Å². The average Bonchev–Trinajstić information content (AvgIpc) is 2.64. The lowest BCUT2D eigenvalue weighted by molar-refractivity contribution is -0.253. The summed E-state index contributed by atoms with van der Waals surface area (Å²) in [5.41, 5.74) is 2.36. The van der Waals surface area contributed by atoms with Crippen molar-refractivity contribution in [3.63, 3.8) is 0 Å². The number of carbonyl (C=O) groups excluding carboxylic acids is 2. The Morgan fingerprint density at radius 1 is 1.04 bits per heavy atom. The van der Waals surface area contributed by atoms with Crippen molar-refractivity contribution in [1.82, 2.24) is 5.32 Å². The van der Waals surface area contributed by atoms with E-state index in [4.69, 9.17) is 5.26 Å². The molecule has 6 nitrogen and oxygen atoms in total. The first-order valence-corrected chi connectivity index (χ1v) is 8.61. The Bertz CT molecular complexity index is 702. The van der Waals surface area contributed by atoms with Crippen molar-refractivity contribution < 1.29 is 19.7 Å². The zero-order valence-corrected chi connectivity index (χ0v) is 14.8. The third-order valence-electron chi connectivity index (χ3n) is 3.86. The highest BCUT2D eigenvalue weighted by Gasteiger charge is 2.21. The van der Waals surface area contributed by atoms with Gasteiger partial charge < -0.3 is 10.6 Å². The van der Waals surface area contributed by atoms with Crippen molar-refractivity contribution in [1.29, 1.82) is 0 Å². The molecule has 0 aliphatic heterocycles. The molecule has 3 N–H and O–H groups in total. The average molecular weight is 356 g/mol. The van der Waals surface area contributed by atoms with Crippen LogP contribution in [0.15, 0.2) is 54.6 Å². The van der Waals surface area contributed by atoms with Crippen LogP contribution in [-0.4, -0.2) is 23.1 Å². The van der Waals surface area contributed by atoms with Gasteiger partial charge in [-0.2, -0.15) is 0 Å². The summed E-state index contributed by atoms with van der Waals surface area (Å²) in [6.07, 6.45) is 1.52. The predicted molar refractivity (Wildman–Crippen MR) is 99.5 cm³/mol. The smallest absolute Gasteiger partial charge is 0.247 e. The summed E-state index contributed by atoms with van der Waals surface area (Å²) in [5.74, 6) is -0.413. The van der Waals surface area contributed by atoms with Gasteiger partial charge in [0.15, 0.2) is 0 Å². The first-order chi connectivity index (χ1) is 12.6. The minimum absolute atomic E-state index is 0.0813. The topological polar surface area (TPSA) is 87.7 Å². The molecule has 0 bridgehead atoms. The van der Waals surface area contributed by atoms with Crippen molar-refractivity contribution in [3.8, 4) is 0 Å². The third kappa shape index (κ3) is 6.31. The maximum atomic E-state index is 12.7. The SMILES string of the molecule is CCCC(=O)N[C@H](Cc1ccccc1)C(=O)Nc1ccc(COO)cc1. The highest BCUT2D eigenvalue weighted by molar-refractivity contribution is 5.97. The van der Waals surface area contributed by atoms with Crippen molar-refractivity contribution in [2.24, 2.45) is 0 Å². The highest BCUT2D eigenvalue weighted by Crippen LogP contribution is 2.12. The predicted octanol–water partition coefficient (Wildman–Crippen LogP) is 3.14. The summed E-state index contributed by atoms with van der Waals surface area (Å²) in [4.78, 5) is 28.8. The van der Waals surface area contributed by atoms with E-state index < -0.39 is 6.04 Å². The molecule has 0 spiro atoms. The Morgan fingerprint density at radius 2 is 1.73 bits per heavy atom. The highest BCUT2D eigenvalue weighted by atomic mass is 17.1. The van der Waals surface area contributed by atoms with Crippen molar-refractivity contribution in [2.75, 3.05) is 5.32 Å². The molecule has 0 heterocycles. The largest absolute Gasteiger partial charge is 0.344 e. The fourth-order valence-corrected chi connectivity index (χ4v) is 2.54. The molecule has 6 heteroatoms. The molecule has 0 fully saturated rings. The van der Waals surface area contributed by atoms with Gasteiger partial charge in [0, 0.05) is 18.5 Å². The Labute approximate surface area is 153 Å². The standard InChI is InChI=1S/C20H24N2O4/c1-2-6-19(23)22-18(13-15-7-4-3-5-8-15)20(24)21-17-11-9-16(10-12-17)14-26-25/h3-5,7-12,18,25H,2,6,13-14H2,1H3,(H,21,24)(H,22,23)/t18-/m1/s1. The lowest BCUT2D eigenvalue weighted by Crippen LogP contribution is -2.45. The number of benzene rings is 2. The second-order valence-electron chi connectivity index (χ2n) is 6.02. The van der Waals surface area contributed by atoms with Crippen LogP contribution in [0.1, 0.15) is 30.9 Å². The minimum atomic E-state index is -0.656. The number of rotatable bonds is 9. The van der Waals surface area contributed by atoms with E-state index in [1.807, 2.05) is 37.3 Å². The van der Waals surface area contributed by atoms with Crippen LogP contribution < -0.4 is 10.6 Å². The zero-order chi connectivity index (χ0) is 18.8. The lowest BCUT2D eigenvalue weighted by atomic mass is 10.0. The van der Waals surface area contributed by atoms with E-state index in [1.165, 1.54) is 0 Å². The molecule has 0 saturated heterocycles. The maximum absolute atomic E-state index is 12.7. The molecule has 2 aromatic rings. The second kappa shape index (κ2) is 10.3. The molecule has 0 saturated carbocycles. The zero-order valence-electron chi connectivity index (χ0n) is 14.8. The first kappa shape index (κ1) is 19.6. The van der Waals surface area contributed by atoms with Crippen molar-refractivity contribution >= 4 is 17.5 Å². The van der Waals surface area contributed by atoms with Gasteiger partial charge in [-0.05, 0) is 29.7 Å². The van der Waals surface area contributed by atoms with E-state index in [1.54, 1.807) is 24.3 Å². The van der Waals surface area contributed by atoms with Crippen LogP contribution in [0.3, 0.4) is 0 Å². The molecule has 0 aliphatic carbocycles. The summed E-state index contributed by atoms with van der Waals surface area (Å²) < 4.78 is 0. The summed E-state index contributed by atoms with van der Waals surface area (Å²) in [7, 11) is 0. The minimum Gasteiger partial charge on any atom is -0.344 e. The molecule has 138 valence electrons. The number of carbonyl (C=O) groups is 2. The van der Waals surface area contributed by atoms with E-state index in [0.29, 0.717) is 18.5 Å². The molecule has 26 heavy (non-hydrogen) atoms.